The molecule has 1 aromatic rings. The summed E-state index contributed by atoms with van der Waals surface area (Å²) in [5.74, 6) is 0. The summed E-state index contributed by atoms with van der Waals surface area (Å²) in [6.45, 7) is 10.8. The molecule has 1 aliphatic heterocycles. The van der Waals surface area contributed by atoms with Crippen LogP contribution in [0, 0.1) is 0 Å². The van der Waals surface area contributed by atoms with Crippen molar-refractivity contribution in [3.05, 3.63) is 23.5 Å². The molecule has 110 valence electrons. The van der Waals surface area contributed by atoms with Gasteiger partial charge >= 0.3 is 6.09 Å². The van der Waals surface area contributed by atoms with Crippen LogP contribution >= 0.6 is 0 Å². The highest BCUT2D eigenvalue weighted by Crippen LogP contribution is 2.33. The van der Waals surface area contributed by atoms with Gasteiger partial charge in [0.2, 0.25) is 0 Å². The molecule has 5 heteroatoms. The summed E-state index contributed by atoms with van der Waals surface area (Å²) in [4.78, 5) is 18.4. The van der Waals surface area contributed by atoms with E-state index in [-0.39, 0.29) is 11.5 Å². The highest BCUT2D eigenvalue weighted by Gasteiger charge is 2.36. The number of fused-ring (bicyclic) bond motifs is 1. The summed E-state index contributed by atoms with van der Waals surface area (Å²) in [5.41, 5.74) is 7.71. The van der Waals surface area contributed by atoms with E-state index in [4.69, 9.17) is 10.5 Å². The van der Waals surface area contributed by atoms with Crippen molar-refractivity contribution < 1.29 is 9.53 Å². The van der Waals surface area contributed by atoms with E-state index in [1.165, 1.54) is 0 Å². The van der Waals surface area contributed by atoms with Gasteiger partial charge in [0.25, 0.3) is 0 Å². The van der Waals surface area contributed by atoms with Gasteiger partial charge in [0.05, 0.1) is 24.1 Å². The number of nitrogens with two attached hydrogens (primary N) is 1. The first-order valence-corrected chi connectivity index (χ1v) is 6.81. The molecule has 0 aliphatic carbocycles. The smallest absolute Gasteiger partial charge is 0.410 e. The molecule has 0 fully saturated rings. The molecular weight excluding hydrogens is 254 g/mol. The maximum atomic E-state index is 12.2. The number of nitrogen functional groups attached to an aromatic ring is 1. The van der Waals surface area contributed by atoms with Crippen LogP contribution in [0.25, 0.3) is 0 Å². The number of hydrogen-bond acceptors (Lipinski definition) is 4. The maximum Gasteiger partial charge on any atom is 0.410 e. The Morgan fingerprint density at radius 1 is 1.45 bits per heavy atom. The summed E-state index contributed by atoms with van der Waals surface area (Å²) in [7, 11) is 0. The van der Waals surface area contributed by atoms with Gasteiger partial charge in [-0.25, -0.2) is 4.79 Å². The first-order chi connectivity index (χ1) is 9.08. The third kappa shape index (κ3) is 3.03. The number of hydrogen-bond donors (Lipinski definition) is 1. The Morgan fingerprint density at radius 3 is 2.70 bits per heavy atom. The normalized spacial score (nSPS) is 17.6. The third-order valence-corrected chi connectivity index (χ3v) is 3.23. The summed E-state index contributed by atoms with van der Waals surface area (Å²) < 4.78 is 5.45. The van der Waals surface area contributed by atoms with Gasteiger partial charge in [-0.2, -0.15) is 0 Å². The molecule has 0 spiro atoms. The second kappa shape index (κ2) is 4.65. The van der Waals surface area contributed by atoms with Crippen LogP contribution in [0.3, 0.4) is 0 Å². The summed E-state index contributed by atoms with van der Waals surface area (Å²) in [5, 5.41) is 0. The Bertz CT molecular complexity index is 532. The first kappa shape index (κ1) is 14.6. The van der Waals surface area contributed by atoms with Crippen molar-refractivity contribution in [2.75, 3.05) is 12.3 Å². The lowest BCUT2D eigenvalue weighted by Crippen LogP contribution is -2.47. The van der Waals surface area contributed by atoms with Crippen molar-refractivity contribution in [2.45, 2.75) is 52.2 Å². The zero-order valence-electron chi connectivity index (χ0n) is 12.9. The number of carbonyl (C=O) groups is 1. The van der Waals surface area contributed by atoms with E-state index in [1.807, 2.05) is 26.8 Å². The molecule has 20 heavy (non-hydrogen) atoms. The standard InChI is InChI=1S/C15H23N3O2/c1-14(2,3)20-13(19)18-8-10-6-11(16)7-17-12(10)15(4,5)9-18/h6-7H,8-9,16H2,1-5H3. The fourth-order valence-electron chi connectivity index (χ4n) is 2.53. The molecule has 0 radical (unpaired) electrons. The fourth-order valence-corrected chi connectivity index (χ4v) is 2.53. The second-order valence-corrected chi connectivity index (χ2v) is 7.00. The minimum absolute atomic E-state index is 0.210. The zero-order valence-corrected chi connectivity index (χ0v) is 12.9. The molecule has 0 saturated heterocycles. The molecule has 1 amide bonds. The summed E-state index contributed by atoms with van der Waals surface area (Å²) in [6, 6.07) is 1.89. The SMILES string of the molecule is CC(C)(C)OC(=O)N1Cc2cc(N)cnc2C(C)(C)C1. The quantitative estimate of drug-likeness (QED) is 0.791. The Hall–Kier alpha value is -1.78. The van der Waals surface area contributed by atoms with E-state index in [0.717, 1.165) is 11.3 Å². The van der Waals surface area contributed by atoms with Gasteiger partial charge in [-0.15, -0.1) is 0 Å². The number of pyridine rings is 1. The Morgan fingerprint density at radius 2 is 2.10 bits per heavy atom. The molecule has 0 unspecified atom stereocenters. The third-order valence-electron chi connectivity index (χ3n) is 3.23. The number of nitrogens with zero attached hydrogens (tertiary/aromatic N) is 2. The van der Waals surface area contributed by atoms with E-state index >= 15 is 0 Å². The van der Waals surface area contributed by atoms with Gasteiger partial charge < -0.3 is 15.4 Å². The van der Waals surface area contributed by atoms with Crippen molar-refractivity contribution in [3.63, 3.8) is 0 Å². The molecule has 0 bridgehead atoms. The number of aromatic nitrogens is 1. The Balaban J connectivity index is 2.28. The van der Waals surface area contributed by atoms with Crippen LogP contribution in [0.15, 0.2) is 12.3 Å². The van der Waals surface area contributed by atoms with Gasteiger partial charge in [-0.3, -0.25) is 4.98 Å². The van der Waals surface area contributed by atoms with Crippen LogP contribution in [0.5, 0.6) is 0 Å². The predicted octanol–water partition coefficient (Wildman–Crippen LogP) is 2.69. The van der Waals surface area contributed by atoms with Crippen molar-refractivity contribution in [1.29, 1.82) is 0 Å². The molecule has 2 N–H and O–H groups in total. The van der Waals surface area contributed by atoms with Crippen LogP contribution in [-0.4, -0.2) is 28.1 Å². The molecule has 1 aromatic heterocycles. The van der Waals surface area contributed by atoms with Crippen molar-refractivity contribution >= 4 is 11.8 Å². The monoisotopic (exact) mass is 277 g/mol. The maximum absolute atomic E-state index is 12.2. The first-order valence-electron chi connectivity index (χ1n) is 6.81. The van der Waals surface area contributed by atoms with E-state index in [2.05, 4.69) is 18.8 Å². The molecule has 0 atom stereocenters. The topological polar surface area (TPSA) is 68.5 Å². The minimum atomic E-state index is -0.491. The number of carbonyl (C=O) groups excluding carboxylic acids is 1. The molecule has 1 aliphatic rings. The Kier molecular flexibility index (Phi) is 3.40. The average molecular weight is 277 g/mol. The molecule has 5 nitrogen and oxygen atoms in total. The predicted molar refractivity (Wildman–Crippen MR) is 78.3 cm³/mol. The summed E-state index contributed by atoms with van der Waals surface area (Å²) in [6.07, 6.45) is 1.38. The minimum Gasteiger partial charge on any atom is -0.444 e. The van der Waals surface area contributed by atoms with E-state index in [0.29, 0.717) is 18.8 Å². The van der Waals surface area contributed by atoms with Crippen molar-refractivity contribution in [3.8, 4) is 0 Å². The van der Waals surface area contributed by atoms with Crippen LogP contribution < -0.4 is 5.73 Å². The van der Waals surface area contributed by atoms with Crippen molar-refractivity contribution in [1.82, 2.24) is 9.88 Å². The van der Waals surface area contributed by atoms with E-state index < -0.39 is 5.60 Å². The molecule has 0 saturated carbocycles. The lowest BCUT2D eigenvalue weighted by atomic mass is 9.82. The van der Waals surface area contributed by atoms with Crippen LogP contribution in [0.1, 0.15) is 45.9 Å². The highest BCUT2D eigenvalue weighted by molar-refractivity contribution is 5.69. The van der Waals surface area contributed by atoms with Gasteiger partial charge in [-0.05, 0) is 32.4 Å². The molecule has 2 heterocycles. The number of ether oxygens (including phenoxy) is 1. The van der Waals surface area contributed by atoms with Crippen LogP contribution in [-0.2, 0) is 16.7 Å². The molecular formula is C15H23N3O2. The number of rotatable bonds is 0. The lowest BCUT2D eigenvalue weighted by molar-refractivity contribution is 0.0171. The Labute approximate surface area is 120 Å². The number of anilines is 1. The van der Waals surface area contributed by atoms with Crippen LogP contribution in [0.2, 0.25) is 0 Å². The zero-order chi connectivity index (χ0) is 15.1. The largest absolute Gasteiger partial charge is 0.444 e. The van der Waals surface area contributed by atoms with Gasteiger partial charge in [-0.1, -0.05) is 13.8 Å². The molecule has 0 aromatic carbocycles. The fraction of sp³-hybridized carbons (Fsp3) is 0.600. The molecule has 2 rings (SSSR count). The summed E-state index contributed by atoms with van der Waals surface area (Å²) >= 11 is 0. The average Bonchev–Trinajstić information content (AvgIpc) is 2.24. The lowest BCUT2D eigenvalue weighted by Gasteiger charge is -2.39. The van der Waals surface area contributed by atoms with Crippen molar-refractivity contribution in [2.24, 2.45) is 0 Å². The van der Waals surface area contributed by atoms with Gasteiger partial charge in [0.15, 0.2) is 0 Å². The number of amides is 1. The highest BCUT2D eigenvalue weighted by atomic mass is 16.6. The van der Waals surface area contributed by atoms with Gasteiger partial charge in [0.1, 0.15) is 5.60 Å². The van der Waals surface area contributed by atoms with E-state index in [9.17, 15) is 4.79 Å². The second-order valence-electron chi connectivity index (χ2n) is 7.00. The van der Waals surface area contributed by atoms with E-state index in [1.54, 1.807) is 11.1 Å². The van der Waals surface area contributed by atoms with Gasteiger partial charge in [0, 0.05) is 12.0 Å². The van der Waals surface area contributed by atoms with Crippen LogP contribution in [0.4, 0.5) is 10.5 Å².